The summed E-state index contributed by atoms with van der Waals surface area (Å²) in [5.74, 6) is -0.837. The largest absolute Gasteiger partial charge is 0.478 e. The molecule has 112 valence electrons. The van der Waals surface area contributed by atoms with Crippen LogP contribution in [0.4, 0.5) is 0 Å². The van der Waals surface area contributed by atoms with Gasteiger partial charge in [0.25, 0.3) is 0 Å². The number of allylic oxidation sites excluding steroid dienone is 1. The highest BCUT2D eigenvalue weighted by Crippen LogP contribution is 2.12. The molecule has 0 spiro atoms. The number of carboxylic acid groups (broad SMARTS) is 1. The lowest BCUT2D eigenvalue weighted by Gasteiger charge is -2.02. The lowest BCUT2D eigenvalue weighted by molar-refractivity contribution is -0.131. The van der Waals surface area contributed by atoms with Gasteiger partial charge in [0.2, 0.25) is 0 Å². The monoisotopic (exact) mass is 332 g/mol. The molecule has 0 aromatic heterocycles. The van der Waals surface area contributed by atoms with Crippen LogP contribution in [0, 0.1) is 0 Å². The summed E-state index contributed by atoms with van der Waals surface area (Å²) in [6, 6.07) is 0. The Balaban J connectivity index is 3.01. The van der Waals surface area contributed by atoms with E-state index < -0.39 is 5.97 Å². The van der Waals surface area contributed by atoms with Crippen molar-refractivity contribution in [3.63, 3.8) is 0 Å². The molecule has 0 unspecified atom stereocenters. The Labute approximate surface area is 126 Å². The Bertz CT molecular complexity index is 227. The molecule has 0 rings (SSSR count). The third-order valence-electron chi connectivity index (χ3n) is 3.26. The molecule has 2 nitrogen and oxygen atoms in total. The molecule has 0 aliphatic rings. The normalized spacial score (nSPS) is 11.2. The molecule has 0 aliphatic heterocycles. The summed E-state index contributed by atoms with van der Waals surface area (Å²) in [5, 5.41) is 9.56. The van der Waals surface area contributed by atoms with Crippen molar-refractivity contribution in [1.82, 2.24) is 0 Å². The van der Waals surface area contributed by atoms with E-state index >= 15 is 0 Å². The minimum Gasteiger partial charge on any atom is -0.478 e. The molecule has 0 radical (unpaired) electrons. The molecule has 0 aliphatic carbocycles. The smallest absolute Gasteiger partial charge is 0.327 e. The number of aliphatic carboxylic acids is 1. The molecule has 0 bridgehead atoms. The van der Waals surface area contributed by atoms with Crippen LogP contribution in [-0.2, 0) is 4.79 Å². The minimum atomic E-state index is -0.837. The fourth-order valence-electron chi connectivity index (χ4n) is 2.13. The van der Waals surface area contributed by atoms with Gasteiger partial charge in [-0.15, -0.1) is 0 Å². The van der Waals surface area contributed by atoms with E-state index in [4.69, 9.17) is 5.11 Å². The molecule has 0 saturated carbocycles. The molecule has 1 N–H and O–H groups in total. The van der Waals surface area contributed by atoms with Gasteiger partial charge in [0.1, 0.15) is 0 Å². The first-order valence-corrected chi connectivity index (χ1v) is 8.85. The lowest BCUT2D eigenvalue weighted by atomic mass is 10.1. The number of carbonyl (C=O) groups is 1. The predicted octanol–water partition coefficient (Wildman–Crippen LogP) is 5.70. The second-order valence-corrected chi connectivity index (χ2v) is 5.90. The zero-order valence-electron chi connectivity index (χ0n) is 12.1. The van der Waals surface area contributed by atoms with Gasteiger partial charge in [0.15, 0.2) is 0 Å². The van der Waals surface area contributed by atoms with Gasteiger partial charge in [-0.2, -0.15) is 0 Å². The first kappa shape index (κ1) is 18.7. The third-order valence-corrected chi connectivity index (χ3v) is 3.83. The number of hydrogen-bond donors (Lipinski definition) is 1. The van der Waals surface area contributed by atoms with E-state index in [0.29, 0.717) is 0 Å². The van der Waals surface area contributed by atoms with Crippen molar-refractivity contribution >= 4 is 21.9 Å². The van der Waals surface area contributed by atoms with E-state index in [0.717, 1.165) is 18.2 Å². The van der Waals surface area contributed by atoms with Crippen molar-refractivity contribution in [2.24, 2.45) is 0 Å². The maximum absolute atomic E-state index is 10.2. The number of unbranched alkanes of at least 4 members (excludes halogenated alkanes) is 11. The van der Waals surface area contributed by atoms with Gasteiger partial charge in [0, 0.05) is 11.4 Å². The summed E-state index contributed by atoms with van der Waals surface area (Å²) in [4.78, 5) is 10.2. The first-order valence-electron chi connectivity index (χ1n) is 7.73. The number of rotatable bonds is 14. The molecule has 0 atom stereocenters. The number of hydrogen-bond acceptors (Lipinski definition) is 1. The second-order valence-electron chi connectivity index (χ2n) is 5.11. The molecule has 0 amide bonds. The molecule has 0 aromatic rings. The standard InChI is InChI=1S/C16H29BrO2/c17-15-13-11-9-7-5-3-1-2-4-6-8-10-12-14-16(18)19/h12,14H,1-11,13,15H2,(H,18,19). The van der Waals surface area contributed by atoms with Gasteiger partial charge in [-0.1, -0.05) is 79.8 Å². The van der Waals surface area contributed by atoms with Crippen LogP contribution >= 0.6 is 15.9 Å². The highest BCUT2D eigenvalue weighted by Gasteiger charge is 1.93. The Morgan fingerprint density at radius 1 is 0.789 bits per heavy atom. The van der Waals surface area contributed by atoms with E-state index in [1.165, 1.54) is 70.3 Å². The van der Waals surface area contributed by atoms with Crippen LogP contribution in [0.15, 0.2) is 12.2 Å². The van der Waals surface area contributed by atoms with E-state index in [9.17, 15) is 4.79 Å². The minimum absolute atomic E-state index is 0.837. The number of carboxylic acids is 1. The van der Waals surface area contributed by atoms with Crippen LogP contribution in [0.1, 0.15) is 77.0 Å². The molecule has 0 aromatic carbocycles. The van der Waals surface area contributed by atoms with Crippen LogP contribution < -0.4 is 0 Å². The fourth-order valence-corrected chi connectivity index (χ4v) is 2.53. The molecule has 0 heterocycles. The van der Waals surface area contributed by atoms with Crippen molar-refractivity contribution in [2.45, 2.75) is 77.0 Å². The van der Waals surface area contributed by atoms with Crippen LogP contribution in [0.5, 0.6) is 0 Å². The second kappa shape index (κ2) is 15.7. The van der Waals surface area contributed by atoms with E-state index in [1.54, 1.807) is 6.08 Å². The summed E-state index contributed by atoms with van der Waals surface area (Å²) in [7, 11) is 0. The van der Waals surface area contributed by atoms with E-state index in [1.807, 2.05) is 0 Å². The Morgan fingerprint density at radius 3 is 1.63 bits per heavy atom. The van der Waals surface area contributed by atoms with Crippen LogP contribution in [0.2, 0.25) is 0 Å². The topological polar surface area (TPSA) is 37.3 Å². The Kier molecular flexibility index (Phi) is 15.5. The van der Waals surface area contributed by atoms with Gasteiger partial charge < -0.3 is 5.11 Å². The van der Waals surface area contributed by atoms with Gasteiger partial charge in [-0.3, -0.25) is 0 Å². The summed E-state index contributed by atoms with van der Waals surface area (Å²) in [6.45, 7) is 0. The van der Waals surface area contributed by atoms with Crippen molar-refractivity contribution in [3.8, 4) is 0 Å². The Morgan fingerprint density at radius 2 is 1.21 bits per heavy atom. The van der Waals surface area contributed by atoms with Crippen molar-refractivity contribution < 1.29 is 9.90 Å². The molecular formula is C16H29BrO2. The van der Waals surface area contributed by atoms with Gasteiger partial charge in [-0.05, 0) is 19.3 Å². The third kappa shape index (κ3) is 17.7. The quantitative estimate of drug-likeness (QED) is 0.251. The molecule has 0 fully saturated rings. The maximum atomic E-state index is 10.2. The van der Waals surface area contributed by atoms with Crippen LogP contribution in [0.3, 0.4) is 0 Å². The van der Waals surface area contributed by atoms with Gasteiger partial charge in [-0.25, -0.2) is 4.79 Å². The van der Waals surface area contributed by atoms with Crippen LogP contribution in [0.25, 0.3) is 0 Å². The Hall–Kier alpha value is -0.310. The molecular weight excluding hydrogens is 304 g/mol. The molecule has 3 heteroatoms. The van der Waals surface area contributed by atoms with Crippen molar-refractivity contribution in [1.29, 1.82) is 0 Å². The summed E-state index contributed by atoms with van der Waals surface area (Å²) < 4.78 is 0. The highest BCUT2D eigenvalue weighted by atomic mass is 79.9. The zero-order chi connectivity index (χ0) is 14.2. The number of halogens is 1. The number of alkyl halides is 1. The predicted molar refractivity (Wildman–Crippen MR) is 86.0 cm³/mol. The first-order chi connectivity index (χ1) is 9.27. The highest BCUT2D eigenvalue weighted by molar-refractivity contribution is 9.09. The summed E-state index contributed by atoms with van der Waals surface area (Å²) >= 11 is 3.46. The zero-order valence-corrected chi connectivity index (χ0v) is 13.7. The SMILES string of the molecule is O=C(O)C=CCCCCCCCCCCCCCBr. The summed E-state index contributed by atoms with van der Waals surface area (Å²) in [5.41, 5.74) is 0. The lowest BCUT2D eigenvalue weighted by Crippen LogP contribution is -1.86. The van der Waals surface area contributed by atoms with Crippen molar-refractivity contribution in [2.75, 3.05) is 5.33 Å². The van der Waals surface area contributed by atoms with Crippen molar-refractivity contribution in [3.05, 3.63) is 12.2 Å². The molecule has 0 saturated heterocycles. The maximum Gasteiger partial charge on any atom is 0.327 e. The summed E-state index contributed by atoms with van der Waals surface area (Å²) in [6.07, 6.45) is 18.5. The van der Waals surface area contributed by atoms with E-state index in [-0.39, 0.29) is 0 Å². The van der Waals surface area contributed by atoms with Gasteiger partial charge >= 0.3 is 5.97 Å². The van der Waals surface area contributed by atoms with Crippen LogP contribution in [-0.4, -0.2) is 16.4 Å². The van der Waals surface area contributed by atoms with Gasteiger partial charge in [0.05, 0.1) is 0 Å². The fraction of sp³-hybridized carbons (Fsp3) is 0.812. The average molecular weight is 333 g/mol. The van der Waals surface area contributed by atoms with E-state index in [2.05, 4.69) is 15.9 Å². The molecule has 19 heavy (non-hydrogen) atoms. The average Bonchev–Trinajstić information content (AvgIpc) is 2.39.